The highest BCUT2D eigenvalue weighted by Crippen LogP contribution is 2.24. The lowest BCUT2D eigenvalue weighted by Crippen LogP contribution is -2.44. The van der Waals surface area contributed by atoms with Crippen LogP contribution in [0.4, 0.5) is 0 Å². The van der Waals surface area contributed by atoms with Crippen LogP contribution in [0.25, 0.3) is 0 Å². The third-order valence-electron chi connectivity index (χ3n) is 4.29. The van der Waals surface area contributed by atoms with Gasteiger partial charge in [0.15, 0.2) is 6.20 Å². The first-order valence-corrected chi connectivity index (χ1v) is 7.81. The van der Waals surface area contributed by atoms with Gasteiger partial charge in [0, 0.05) is 24.7 Å². The molecule has 0 spiro atoms. The van der Waals surface area contributed by atoms with E-state index in [1.807, 2.05) is 29.2 Å². The Bertz CT molecular complexity index is 702. The zero-order valence-electron chi connectivity index (χ0n) is 13.1. The number of ether oxygens (including phenoxy) is 1. The third kappa shape index (κ3) is 3.28. The molecule has 0 unspecified atom stereocenters. The number of hydrogen-bond acceptors (Lipinski definition) is 3. The molecule has 1 saturated heterocycles. The number of rotatable bonds is 4. The molecule has 5 heteroatoms. The van der Waals surface area contributed by atoms with E-state index in [1.165, 1.54) is 6.20 Å². The zero-order chi connectivity index (χ0) is 16.2. The number of methoxy groups -OCH3 is 1. The van der Waals surface area contributed by atoms with Crippen molar-refractivity contribution in [2.24, 2.45) is 0 Å². The number of hydrogen-bond donors (Lipinski definition) is 0. The highest BCUT2D eigenvalue weighted by molar-refractivity contribution is 5.91. The summed E-state index contributed by atoms with van der Waals surface area (Å²) in [7, 11) is 1.65. The van der Waals surface area contributed by atoms with Gasteiger partial charge in [-0.05, 0) is 43.0 Å². The minimum Gasteiger partial charge on any atom is -0.618 e. The maximum absolute atomic E-state index is 12.7. The van der Waals surface area contributed by atoms with Crippen molar-refractivity contribution >= 4 is 5.91 Å². The lowest BCUT2D eigenvalue weighted by atomic mass is 10.0. The second-order valence-corrected chi connectivity index (χ2v) is 5.76. The Balaban J connectivity index is 1.77. The van der Waals surface area contributed by atoms with Gasteiger partial charge in [0.05, 0.1) is 7.11 Å². The van der Waals surface area contributed by atoms with Gasteiger partial charge in [0.25, 0.3) is 5.69 Å². The van der Waals surface area contributed by atoms with Gasteiger partial charge in [-0.25, -0.2) is 0 Å². The van der Waals surface area contributed by atoms with Gasteiger partial charge in [-0.15, -0.1) is 0 Å². The van der Waals surface area contributed by atoms with Crippen molar-refractivity contribution in [1.82, 2.24) is 4.90 Å². The molecule has 2 heterocycles. The van der Waals surface area contributed by atoms with Crippen molar-refractivity contribution < 1.29 is 14.3 Å². The molecule has 1 aliphatic heterocycles. The topological polar surface area (TPSA) is 56.5 Å². The van der Waals surface area contributed by atoms with Crippen LogP contribution in [0.2, 0.25) is 0 Å². The van der Waals surface area contributed by atoms with E-state index in [-0.39, 0.29) is 17.6 Å². The van der Waals surface area contributed by atoms with Crippen molar-refractivity contribution in [3.05, 3.63) is 65.1 Å². The molecule has 1 atom stereocenters. The first kappa shape index (κ1) is 15.3. The van der Waals surface area contributed by atoms with Gasteiger partial charge >= 0.3 is 5.91 Å². The van der Waals surface area contributed by atoms with Crippen LogP contribution in [0, 0.1) is 5.21 Å². The summed E-state index contributed by atoms with van der Waals surface area (Å²) in [5.41, 5.74) is 1.32. The van der Waals surface area contributed by atoms with Crippen LogP contribution in [-0.4, -0.2) is 30.5 Å². The molecular weight excluding hydrogens is 292 g/mol. The summed E-state index contributed by atoms with van der Waals surface area (Å²) in [5, 5.41) is 11.8. The van der Waals surface area contributed by atoms with Gasteiger partial charge in [-0.3, -0.25) is 4.79 Å². The zero-order valence-corrected chi connectivity index (χ0v) is 13.1. The lowest BCUT2D eigenvalue weighted by Gasteiger charge is -2.24. The molecule has 1 aromatic heterocycles. The van der Waals surface area contributed by atoms with Gasteiger partial charge in [-0.1, -0.05) is 12.1 Å². The fourth-order valence-corrected chi connectivity index (χ4v) is 3.13. The molecule has 1 fully saturated rings. The fourth-order valence-electron chi connectivity index (χ4n) is 3.13. The normalized spacial score (nSPS) is 17.3. The second-order valence-electron chi connectivity index (χ2n) is 5.76. The highest BCUT2D eigenvalue weighted by Gasteiger charge is 2.32. The van der Waals surface area contributed by atoms with Crippen molar-refractivity contribution in [3.8, 4) is 5.75 Å². The van der Waals surface area contributed by atoms with E-state index in [4.69, 9.17) is 4.74 Å². The molecule has 0 radical (unpaired) electrons. The van der Waals surface area contributed by atoms with Crippen LogP contribution in [0.15, 0.2) is 48.7 Å². The number of carbonyl (C=O) groups is 1. The van der Waals surface area contributed by atoms with Crippen molar-refractivity contribution in [3.63, 3.8) is 0 Å². The summed E-state index contributed by atoms with van der Waals surface area (Å²) in [4.78, 5) is 14.5. The molecule has 0 N–H and O–H groups in total. The minimum atomic E-state index is -0.189. The van der Waals surface area contributed by atoms with Crippen molar-refractivity contribution in [2.75, 3.05) is 13.7 Å². The predicted octanol–water partition coefficient (Wildman–Crippen LogP) is 2.18. The molecule has 5 nitrogen and oxygen atoms in total. The van der Waals surface area contributed by atoms with Crippen LogP contribution in [0.1, 0.15) is 28.9 Å². The maximum Gasteiger partial charge on any atom is 0.320 e. The first-order valence-electron chi connectivity index (χ1n) is 7.81. The molecule has 3 rings (SSSR count). The Morgan fingerprint density at radius 2 is 2.22 bits per heavy atom. The van der Waals surface area contributed by atoms with Gasteiger partial charge < -0.3 is 14.8 Å². The molecule has 1 amide bonds. The van der Waals surface area contributed by atoms with E-state index in [9.17, 15) is 10.0 Å². The van der Waals surface area contributed by atoms with Crippen LogP contribution in [-0.2, 0) is 6.42 Å². The van der Waals surface area contributed by atoms with Crippen LogP contribution < -0.4 is 9.47 Å². The SMILES string of the molecule is COc1cccc(C[C@H]2CCCN2C(=O)c2cccc[n+]2[O-])c1. The van der Waals surface area contributed by atoms with E-state index in [0.29, 0.717) is 11.3 Å². The van der Waals surface area contributed by atoms with Crippen LogP contribution in [0.3, 0.4) is 0 Å². The highest BCUT2D eigenvalue weighted by atomic mass is 16.5. The number of nitrogens with zero attached hydrogens (tertiary/aromatic N) is 2. The molecule has 120 valence electrons. The van der Waals surface area contributed by atoms with E-state index >= 15 is 0 Å². The number of aromatic nitrogens is 1. The van der Waals surface area contributed by atoms with Gasteiger partial charge in [0.2, 0.25) is 0 Å². The number of pyridine rings is 1. The van der Waals surface area contributed by atoms with Crippen molar-refractivity contribution in [1.29, 1.82) is 0 Å². The molecule has 1 aromatic carbocycles. The van der Waals surface area contributed by atoms with E-state index in [0.717, 1.165) is 30.6 Å². The Morgan fingerprint density at radius 3 is 3.00 bits per heavy atom. The smallest absolute Gasteiger partial charge is 0.320 e. The predicted molar refractivity (Wildman–Crippen MR) is 86.2 cm³/mol. The monoisotopic (exact) mass is 312 g/mol. The largest absolute Gasteiger partial charge is 0.618 e. The Labute approximate surface area is 135 Å². The van der Waals surface area contributed by atoms with Crippen molar-refractivity contribution in [2.45, 2.75) is 25.3 Å². The summed E-state index contributed by atoms with van der Waals surface area (Å²) < 4.78 is 5.90. The summed E-state index contributed by atoms with van der Waals surface area (Å²) in [6.07, 6.45) is 4.05. The standard InChI is InChI=1S/C18H20N2O3/c1-23-16-8-4-6-14(13-16)12-15-7-5-10-19(15)18(21)17-9-2-3-11-20(17)22/h2-4,6,8-9,11,13,15H,5,7,10,12H2,1H3/t15-/m1/s1. The van der Waals surface area contributed by atoms with Crippen LogP contribution in [0.5, 0.6) is 5.75 Å². The molecule has 0 aliphatic carbocycles. The van der Waals surface area contributed by atoms with Gasteiger partial charge in [-0.2, -0.15) is 4.73 Å². The number of likely N-dealkylation sites (tertiary alicyclic amines) is 1. The molecule has 2 aromatic rings. The Kier molecular flexibility index (Phi) is 4.46. The second kappa shape index (κ2) is 6.69. The molecular formula is C18H20N2O3. The Morgan fingerprint density at radius 1 is 1.35 bits per heavy atom. The van der Waals surface area contributed by atoms with E-state index in [1.54, 1.807) is 25.3 Å². The van der Waals surface area contributed by atoms with E-state index < -0.39 is 0 Å². The number of amides is 1. The quantitative estimate of drug-likeness (QED) is 0.642. The Hall–Kier alpha value is -2.56. The number of benzene rings is 1. The summed E-state index contributed by atoms with van der Waals surface area (Å²) in [6.45, 7) is 0.697. The average molecular weight is 312 g/mol. The lowest BCUT2D eigenvalue weighted by molar-refractivity contribution is -0.608. The average Bonchev–Trinajstić information content (AvgIpc) is 3.03. The summed E-state index contributed by atoms with van der Waals surface area (Å²) in [6, 6.07) is 12.9. The molecule has 0 saturated carbocycles. The molecule has 0 bridgehead atoms. The molecule has 1 aliphatic rings. The summed E-state index contributed by atoms with van der Waals surface area (Å²) >= 11 is 0. The summed E-state index contributed by atoms with van der Waals surface area (Å²) in [5.74, 6) is 0.629. The number of carbonyl (C=O) groups excluding carboxylic acids is 1. The first-order chi connectivity index (χ1) is 11.2. The van der Waals surface area contributed by atoms with E-state index in [2.05, 4.69) is 0 Å². The minimum absolute atomic E-state index is 0.120. The van der Waals surface area contributed by atoms with Gasteiger partial charge in [0.1, 0.15) is 5.75 Å². The van der Waals surface area contributed by atoms with Crippen LogP contribution >= 0.6 is 0 Å². The molecule has 23 heavy (non-hydrogen) atoms. The third-order valence-corrected chi connectivity index (χ3v) is 4.29. The fraction of sp³-hybridized carbons (Fsp3) is 0.333. The maximum atomic E-state index is 12.7.